The second kappa shape index (κ2) is 6.12. The smallest absolute Gasteiger partial charge is 0.266 e. The molecule has 6 nitrogen and oxygen atoms in total. The van der Waals surface area contributed by atoms with Gasteiger partial charge in [0.1, 0.15) is 5.75 Å². The molecule has 0 spiro atoms. The van der Waals surface area contributed by atoms with E-state index in [1.165, 1.54) is 4.90 Å². The lowest BCUT2D eigenvalue weighted by atomic mass is 10.1. The lowest BCUT2D eigenvalue weighted by Crippen LogP contribution is -2.29. The van der Waals surface area contributed by atoms with Crippen LogP contribution in [0.1, 0.15) is 20.7 Å². The fourth-order valence-electron chi connectivity index (χ4n) is 2.92. The number of fused-ring (bicyclic) bond motifs is 1. The van der Waals surface area contributed by atoms with Gasteiger partial charge in [-0.1, -0.05) is 0 Å². The Hall–Kier alpha value is -3.02. The molecule has 25 heavy (non-hydrogen) atoms. The Morgan fingerprint density at radius 3 is 2.12 bits per heavy atom. The first-order chi connectivity index (χ1) is 11.8. The highest BCUT2D eigenvalue weighted by Crippen LogP contribution is 2.36. The van der Waals surface area contributed by atoms with E-state index in [0.717, 1.165) is 11.4 Å². The van der Waals surface area contributed by atoms with Crippen LogP contribution in [0.3, 0.4) is 0 Å². The third-order valence-electron chi connectivity index (χ3n) is 4.29. The van der Waals surface area contributed by atoms with Gasteiger partial charge in [-0.25, -0.2) is 4.90 Å². The van der Waals surface area contributed by atoms with Gasteiger partial charge in [0.05, 0.1) is 29.6 Å². The van der Waals surface area contributed by atoms with E-state index in [4.69, 9.17) is 4.74 Å². The molecule has 1 aliphatic heterocycles. The fourth-order valence-corrected chi connectivity index (χ4v) is 2.92. The summed E-state index contributed by atoms with van der Waals surface area (Å²) in [5.41, 5.74) is 3.10. The molecule has 0 saturated carbocycles. The summed E-state index contributed by atoms with van der Waals surface area (Å²) in [4.78, 5) is 30.6. The highest BCUT2D eigenvalue weighted by atomic mass is 16.5. The summed E-state index contributed by atoms with van der Waals surface area (Å²) < 4.78 is 5.41. The first kappa shape index (κ1) is 16.8. The Morgan fingerprint density at radius 1 is 0.840 bits per heavy atom. The number of anilines is 3. The minimum atomic E-state index is -0.316. The van der Waals surface area contributed by atoms with Crippen LogP contribution in [0.5, 0.6) is 5.75 Å². The quantitative estimate of drug-likeness (QED) is 0.802. The standard InChI is InChI=1S/C19H21N3O3/c1-20(2)12-6-8-14-15(10-12)19(24)22(18(14)23)13-7-9-16(21(3)4)17(11-13)25-5/h6-11H,1-5H3. The predicted octanol–water partition coefficient (Wildman–Crippen LogP) is 2.63. The maximum absolute atomic E-state index is 12.8. The van der Waals surface area contributed by atoms with E-state index < -0.39 is 0 Å². The van der Waals surface area contributed by atoms with Crippen molar-refractivity contribution < 1.29 is 14.3 Å². The van der Waals surface area contributed by atoms with Crippen molar-refractivity contribution in [2.45, 2.75) is 0 Å². The molecule has 0 unspecified atom stereocenters. The van der Waals surface area contributed by atoms with Gasteiger partial charge in [0.2, 0.25) is 0 Å². The Balaban J connectivity index is 2.05. The monoisotopic (exact) mass is 339 g/mol. The average Bonchev–Trinajstić information content (AvgIpc) is 2.84. The molecule has 1 heterocycles. The molecule has 0 fully saturated rings. The lowest BCUT2D eigenvalue weighted by Gasteiger charge is -2.20. The van der Waals surface area contributed by atoms with E-state index in [1.807, 2.05) is 50.1 Å². The SMILES string of the molecule is COc1cc(N2C(=O)c3ccc(N(C)C)cc3C2=O)ccc1N(C)C. The third-order valence-corrected chi connectivity index (χ3v) is 4.29. The van der Waals surface area contributed by atoms with Crippen LogP contribution < -0.4 is 19.4 Å². The Labute approximate surface area is 147 Å². The third kappa shape index (κ3) is 2.69. The number of benzene rings is 2. The zero-order valence-corrected chi connectivity index (χ0v) is 15.0. The van der Waals surface area contributed by atoms with Gasteiger partial charge < -0.3 is 14.5 Å². The fraction of sp³-hybridized carbons (Fsp3) is 0.263. The number of carbonyl (C=O) groups is 2. The Morgan fingerprint density at radius 2 is 1.52 bits per heavy atom. The first-order valence-corrected chi connectivity index (χ1v) is 7.90. The molecular formula is C19H21N3O3. The molecule has 1 aliphatic rings. The number of ether oxygens (including phenoxy) is 1. The molecule has 0 radical (unpaired) electrons. The highest BCUT2D eigenvalue weighted by Gasteiger charge is 2.37. The molecule has 0 aromatic heterocycles. The van der Waals surface area contributed by atoms with Crippen molar-refractivity contribution in [3.8, 4) is 5.75 Å². The van der Waals surface area contributed by atoms with Crippen molar-refractivity contribution in [1.29, 1.82) is 0 Å². The average molecular weight is 339 g/mol. The second-order valence-electron chi connectivity index (χ2n) is 6.32. The minimum Gasteiger partial charge on any atom is -0.495 e. The van der Waals surface area contributed by atoms with E-state index in [9.17, 15) is 9.59 Å². The van der Waals surface area contributed by atoms with Crippen LogP contribution in [0.4, 0.5) is 17.1 Å². The molecule has 130 valence electrons. The Kier molecular flexibility index (Phi) is 4.12. The summed E-state index contributed by atoms with van der Waals surface area (Å²) in [5, 5.41) is 0. The molecule has 0 atom stereocenters. The minimum absolute atomic E-state index is 0.315. The van der Waals surface area contributed by atoms with Crippen molar-refractivity contribution in [3.63, 3.8) is 0 Å². The number of nitrogens with zero attached hydrogens (tertiary/aromatic N) is 3. The topological polar surface area (TPSA) is 53.1 Å². The van der Waals surface area contributed by atoms with Gasteiger partial charge in [-0.2, -0.15) is 0 Å². The molecule has 0 N–H and O–H groups in total. The van der Waals surface area contributed by atoms with Crippen LogP contribution in [0.2, 0.25) is 0 Å². The van der Waals surface area contributed by atoms with Crippen LogP contribution in [-0.4, -0.2) is 47.1 Å². The van der Waals surface area contributed by atoms with Crippen molar-refractivity contribution in [2.24, 2.45) is 0 Å². The molecule has 0 aliphatic carbocycles. The van der Waals surface area contributed by atoms with E-state index in [2.05, 4.69) is 0 Å². The van der Waals surface area contributed by atoms with Crippen molar-refractivity contribution in [2.75, 3.05) is 50.0 Å². The van der Waals surface area contributed by atoms with Crippen LogP contribution >= 0.6 is 0 Å². The molecule has 2 aromatic carbocycles. The molecule has 3 rings (SSSR count). The van der Waals surface area contributed by atoms with Gasteiger partial charge in [0.25, 0.3) is 11.8 Å². The van der Waals surface area contributed by atoms with Crippen molar-refractivity contribution in [1.82, 2.24) is 0 Å². The molecule has 6 heteroatoms. The van der Waals surface area contributed by atoms with Crippen LogP contribution in [0.15, 0.2) is 36.4 Å². The molecule has 2 aromatic rings. The van der Waals surface area contributed by atoms with Crippen molar-refractivity contribution >= 4 is 28.9 Å². The highest BCUT2D eigenvalue weighted by molar-refractivity contribution is 6.34. The van der Waals surface area contributed by atoms with Crippen LogP contribution in [-0.2, 0) is 0 Å². The number of amides is 2. The van der Waals surface area contributed by atoms with Gasteiger partial charge >= 0.3 is 0 Å². The van der Waals surface area contributed by atoms with Gasteiger partial charge in [-0.15, -0.1) is 0 Å². The summed E-state index contributed by atoms with van der Waals surface area (Å²) in [6.45, 7) is 0. The van der Waals surface area contributed by atoms with E-state index in [0.29, 0.717) is 22.6 Å². The zero-order valence-electron chi connectivity index (χ0n) is 15.0. The summed E-state index contributed by atoms with van der Waals surface area (Å²) in [6.07, 6.45) is 0. The van der Waals surface area contributed by atoms with E-state index in [1.54, 1.807) is 31.4 Å². The Bertz CT molecular complexity index is 859. The van der Waals surface area contributed by atoms with Crippen LogP contribution in [0.25, 0.3) is 0 Å². The lowest BCUT2D eigenvalue weighted by molar-refractivity contribution is 0.0926. The molecule has 2 amide bonds. The maximum atomic E-state index is 12.8. The molecule has 0 saturated heterocycles. The number of carbonyl (C=O) groups excluding carboxylic acids is 2. The summed E-state index contributed by atoms with van der Waals surface area (Å²) >= 11 is 0. The number of hydrogen-bond donors (Lipinski definition) is 0. The van der Waals surface area contributed by atoms with Crippen molar-refractivity contribution in [3.05, 3.63) is 47.5 Å². The van der Waals surface area contributed by atoms with Gasteiger partial charge in [-0.05, 0) is 30.3 Å². The summed E-state index contributed by atoms with van der Waals surface area (Å²) in [7, 11) is 9.17. The number of rotatable bonds is 4. The van der Waals surface area contributed by atoms with Crippen LogP contribution in [0, 0.1) is 0 Å². The summed E-state index contributed by atoms with van der Waals surface area (Å²) in [5.74, 6) is -0.0265. The second-order valence-corrected chi connectivity index (χ2v) is 6.32. The normalized spacial score (nSPS) is 13.1. The molecular weight excluding hydrogens is 318 g/mol. The number of methoxy groups -OCH3 is 1. The van der Waals surface area contributed by atoms with Gasteiger partial charge in [0.15, 0.2) is 0 Å². The zero-order chi connectivity index (χ0) is 18.3. The van der Waals surface area contributed by atoms with Gasteiger partial charge in [0, 0.05) is 39.9 Å². The van der Waals surface area contributed by atoms with Gasteiger partial charge in [-0.3, -0.25) is 9.59 Å². The van der Waals surface area contributed by atoms with E-state index in [-0.39, 0.29) is 11.8 Å². The van der Waals surface area contributed by atoms with E-state index >= 15 is 0 Å². The molecule has 0 bridgehead atoms. The first-order valence-electron chi connectivity index (χ1n) is 7.90. The number of imide groups is 1. The summed E-state index contributed by atoms with van der Waals surface area (Å²) in [6, 6.07) is 10.6. The largest absolute Gasteiger partial charge is 0.495 e. The number of hydrogen-bond acceptors (Lipinski definition) is 5. The predicted molar refractivity (Wildman–Crippen MR) is 99.2 cm³/mol. The maximum Gasteiger partial charge on any atom is 0.266 e.